The van der Waals surface area contributed by atoms with Crippen molar-refractivity contribution in [1.29, 1.82) is 0 Å². The number of rotatable bonds is 3. The SMILES string of the molecule is NS(=O)(=O)CC1CC(=O)N(c2cccc(Br)n2)C1. The fourth-order valence-corrected chi connectivity index (χ4v) is 3.21. The molecular formula is C10H12BrN3O3S. The highest BCUT2D eigenvalue weighted by atomic mass is 79.9. The molecule has 0 radical (unpaired) electrons. The van der Waals surface area contributed by atoms with Crippen LogP contribution in [0.4, 0.5) is 5.82 Å². The van der Waals surface area contributed by atoms with Gasteiger partial charge >= 0.3 is 0 Å². The number of anilines is 1. The molecule has 18 heavy (non-hydrogen) atoms. The van der Waals surface area contributed by atoms with Gasteiger partial charge in [-0.2, -0.15) is 0 Å². The lowest BCUT2D eigenvalue weighted by Crippen LogP contribution is -2.28. The molecule has 1 aliphatic heterocycles. The molecule has 1 aromatic rings. The highest BCUT2D eigenvalue weighted by Gasteiger charge is 2.33. The van der Waals surface area contributed by atoms with E-state index in [2.05, 4.69) is 20.9 Å². The predicted molar refractivity (Wildman–Crippen MR) is 70.4 cm³/mol. The molecule has 1 unspecified atom stereocenters. The summed E-state index contributed by atoms with van der Waals surface area (Å²) in [5.41, 5.74) is 0. The number of amides is 1. The highest BCUT2D eigenvalue weighted by Crippen LogP contribution is 2.25. The van der Waals surface area contributed by atoms with Crippen LogP contribution in [0.2, 0.25) is 0 Å². The van der Waals surface area contributed by atoms with Gasteiger partial charge in [0.25, 0.3) is 0 Å². The Morgan fingerprint density at radius 2 is 2.22 bits per heavy atom. The van der Waals surface area contributed by atoms with Crippen LogP contribution in [0.1, 0.15) is 6.42 Å². The first-order chi connectivity index (χ1) is 8.35. The Labute approximate surface area is 113 Å². The van der Waals surface area contributed by atoms with E-state index >= 15 is 0 Å². The number of hydrogen-bond donors (Lipinski definition) is 1. The number of carbonyl (C=O) groups is 1. The zero-order valence-corrected chi connectivity index (χ0v) is 11.8. The Kier molecular flexibility index (Phi) is 3.69. The van der Waals surface area contributed by atoms with Gasteiger partial charge in [-0.25, -0.2) is 18.5 Å². The van der Waals surface area contributed by atoms with Crippen molar-refractivity contribution in [1.82, 2.24) is 4.98 Å². The maximum absolute atomic E-state index is 11.8. The summed E-state index contributed by atoms with van der Waals surface area (Å²) < 4.78 is 22.7. The average Bonchev–Trinajstić information content (AvgIpc) is 2.56. The Bertz CT molecular complexity index is 575. The number of nitrogens with two attached hydrogens (primary N) is 1. The first-order valence-electron chi connectivity index (χ1n) is 5.28. The number of pyridine rings is 1. The number of aromatic nitrogens is 1. The summed E-state index contributed by atoms with van der Waals surface area (Å²) in [5, 5.41) is 4.99. The summed E-state index contributed by atoms with van der Waals surface area (Å²) in [6, 6.07) is 5.24. The lowest BCUT2D eigenvalue weighted by atomic mass is 10.1. The summed E-state index contributed by atoms with van der Waals surface area (Å²) in [6.45, 7) is 0.332. The minimum Gasteiger partial charge on any atom is -0.296 e. The van der Waals surface area contributed by atoms with Crippen LogP contribution in [0.5, 0.6) is 0 Å². The van der Waals surface area contributed by atoms with E-state index in [1.54, 1.807) is 18.2 Å². The van der Waals surface area contributed by atoms with Crippen molar-refractivity contribution >= 4 is 37.7 Å². The van der Waals surface area contributed by atoms with E-state index in [0.717, 1.165) is 0 Å². The molecular weight excluding hydrogens is 322 g/mol. The third kappa shape index (κ3) is 3.27. The molecule has 2 heterocycles. The van der Waals surface area contributed by atoms with Gasteiger partial charge in [0.05, 0.1) is 5.75 Å². The van der Waals surface area contributed by atoms with Crippen LogP contribution in [-0.2, 0) is 14.8 Å². The van der Waals surface area contributed by atoms with E-state index < -0.39 is 10.0 Å². The van der Waals surface area contributed by atoms with E-state index in [0.29, 0.717) is 17.0 Å². The van der Waals surface area contributed by atoms with Crippen molar-refractivity contribution in [2.75, 3.05) is 17.2 Å². The molecule has 0 saturated carbocycles. The first-order valence-corrected chi connectivity index (χ1v) is 7.79. The van der Waals surface area contributed by atoms with Gasteiger partial charge in [-0.15, -0.1) is 0 Å². The molecule has 1 fully saturated rings. The Balaban J connectivity index is 2.15. The van der Waals surface area contributed by atoms with Gasteiger partial charge in [0, 0.05) is 18.9 Å². The molecule has 1 amide bonds. The van der Waals surface area contributed by atoms with E-state index in [-0.39, 0.29) is 24.0 Å². The summed E-state index contributed by atoms with van der Waals surface area (Å²) in [4.78, 5) is 17.5. The van der Waals surface area contributed by atoms with Crippen LogP contribution in [-0.4, -0.2) is 31.6 Å². The second kappa shape index (κ2) is 4.94. The lowest BCUT2D eigenvalue weighted by molar-refractivity contribution is -0.117. The molecule has 1 saturated heterocycles. The molecule has 0 aliphatic carbocycles. The molecule has 6 nitrogen and oxygen atoms in total. The summed E-state index contributed by atoms with van der Waals surface area (Å²) >= 11 is 3.23. The molecule has 0 bridgehead atoms. The first kappa shape index (κ1) is 13.4. The van der Waals surface area contributed by atoms with Gasteiger partial charge < -0.3 is 0 Å². The van der Waals surface area contributed by atoms with Gasteiger partial charge in [0.1, 0.15) is 10.4 Å². The number of hydrogen-bond acceptors (Lipinski definition) is 4. The third-order valence-electron chi connectivity index (χ3n) is 2.65. The average molecular weight is 334 g/mol. The molecule has 98 valence electrons. The second-order valence-corrected chi connectivity index (χ2v) is 6.69. The van der Waals surface area contributed by atoms with E-state index in [1.165, 1.54) is 4.90 Å². The van der Waals surface area contributed by atoms with Gasteiger partial charge in [-0.05, 0) is 28.1 Å². The van der Waals surface area contributed by atoms with Crippen molar-refractivity contribution < 1.29 is 13.2 Å². The second-order valence-electron chi connectivity index (χ2n) is 4.22. The summed E-state index contributed by atoms with van der Waals surface area (Å²) in [7, 11) is -3.55. The van der Waals surface area contributed by atoms with Crippen molar-refractivity contribution in [3.05, 3.63) is 22.8 Å². The van der Waals surface area contributed by atoms with Crippen molar-refractivity contribution in [3.63, 3.8) is 0 Å². The van der Waals surface area contributed by atoms with Gasteiger partial charge in [0.2, 0.25) is 15.9 Å². The maximum atomic E-state index is 11.8. The van der Waals surface area contributed by atoms with Crippen LogP contribution in [0.15, 0.2) is 22.8 Å². The van der Waals surface area contributed by atoms with Crippen LogP contribution >= 0.6 is 15.9 Å². The Morgan fingerprint density at radius 1 is 1.50 bits per heavy atom. The van der Waals surface area contributed by atoms with Crippen molar-refractivity contribution in [2.45, 2.75) is 6.42 Å². The largest absolute Gasteiger partial charge is 0.296 e. The van der Waals surface area contributed by atoms with Gasteiger partial charge in [-0.1, -0.05) is 6.07 Å². The minimum absolute atomic E-state index is 0.130. The lowest BCUT2D eigenvalue weighted by Gasteiger charge is -2.15. The third-order valence-corrected chi connectivity index (χ3v) is 4.03. The zero-order chi connectivity index (χ0) is 13.3. The maximum Gasteiger partial charge on any atom is 0.228 e. The number of carbonyl (C=O) groups excluding carboxylic acids is 1. The molecule has 2 N–H and O–H groups in total. The molecule has 2 rings (SSSR count). The van der Waals surface area contributed by atoms with E-state index in [4.69, 9.17) is 5.14 Å². The van der Waals surface area contributed by atoms with Crippen molar-refractivity contribution in [3.8, 4) is 0 Å². The summed E-state index contributed by atoms with van der Waals surface area (Å²) in [6.07, 6.45) is 0.185. The number of sulfonamides is 1. The van der Waals surface area contributed by atoms with Crippen LogP contribution in [0.25, 0.3) is 0 Å². The monoisotopic (exact) mass is 333 g/mol. The van der Waals surface area contributed by atoms with Crippen molar-refractivity contribution in [2.24, 2.45) is 11.1 Å². The van der Waals surface area contributed by atoms with E-state index in [1.807, 2.05) is 0 Å². The molecule has 8 heteroatoms. The van der Waals surface area contributed by atoms with Crippen LogP contribution in [0, 0.1) is 5.92 Å². The molecule has 0 spiro atoms. The fraction of sp³-hybridized carbons (Fsp3) is 0.400. The van der Waals surface area contributed by atoms with Crippen LogP contribution in [0.3, 0.4) is 0 Å². The van der Waals surface area contributed by atoms with E-state index in [9.17, 15) is 13.2 Å². The standard InChI is InChI=1S/C10H12BrN3O3S/c11-8-2-1-3-9(13-8)14-5-7(4-10(14)15)6-18(12,16)17/h1-3,7H,4-6H2,(H2,12,16,17). The Hall–Kier alpha value is -0.990. The van der Waals surface area contributed by atoms with Gasteiger partial charge in [-0.3, -0.25) is 9.69 Å². The number of primary sulfonamides is 1. The molecule has 1 aromatic heterocycles. The molecule has 0 aromatic carbocycles. The quantitative estimate of drug-likeness (QED) is 0.814. The molecule has 1 atom stereocenters. The smallest absolute Gasteiger partial charge is 0.228 e. The molecule has 1 aliphatic rings. The van der Waals surface area contributed by atoms with Gasteiger partial charge in [0.15, 0.2) is 0 Å². The highest BCUT2D eigenvalue weighted by molar-refractivity contribution is 9.10. The summed E-state index contributed by atoms with van der Waals surface area (Å²) in [5.74, 6) is -0.0581. The zero-order valence-electron chi connectivity index (χ0n) is 9.41. The Morgan fingerprint density at radius 3 is 2.83 bits per heavy atom. The minimum atomic E-state index is -3.55. The number of nitrogens with zero attached hydrogens (tertiary/aromatic N) is 2. The fourth-order valence-electron chi connectivity index (χ4n) is 1.99. The normalized spacial score (nSPS) is 20.4. The topological polar surface area (TPSA) is 93.4 Å². The van der Waals surface area contributed by atoms with Crippen LogP contribution < -0.4 is 10.0 Å². The number of halogens is 1. The predicted octanol–water partition coefficient (Wildman–Crippen LogP) is 0.486.